The van der Waals surface area contributed by atoms with Crippen LogP contribution >= 0.6 is 0 Å². The molecule has 0 aromatic heterocycles. The highest BCUT2D eigenvalue weighted by atomic mass is 16.7. The van der Waals surface area contributed by atoms with Crippen molar-refractivity contribution in [1.29, 1.82) is 0 Å². The maximum atomic E-state index is 13.1. The Morgan fingerprint density at radius 1 is 0.963 bits per heavy atom. The van der Waals surface area contributed by atoms with Crippen LogP contribution in [0.15, 0.2) is 60.7 Å². The lowest BCUT2D eigenvalue weighted by molar-refractivity contribution is -0.177. The van der Waals surface area contributed by atoms with Crippen molar-refractivity contribution in [3.8, 4) is 0 Å². The van der Waals surface area contributed by atoms with Gasteiger partial charge in [0, 0.05) is 6.54 Å². The number of ether oxygens (including phenoxy) is 2. The zero-order valence-electron chi connectivity index (χ0n) is 14.7. The molecule has 2 saturated heterocycles. The number of fused-ring (bicyclic) bond motifs is 2. The van der Waals surface area contributed by atoms with Gasteiger partial charge in [-0.2, -0.15) is 0 Å². The summed E-state index contributed by atoms with van der Waals surface area (Å²) < 4.78 is 11.7. The summed E-state index contributed by atoms with van der Waals surface area (Å²) in [5.74, 6) is -1.21. The first-order valence-electron chi connectivity index (χ1n) is 9.03. The number of carboxylic acids is 1. The maximum absolute atomic E-state index is 13.1. The van der Waals surface area contributed by atoms with Crippen LogP contribution in [0.2, 0.25) is 0 Å². The van der Waals surface area contributed by atoms with Crippen LogP contribution in [0.4, 0.5) is 0 Å². The summed E-state index contributed by atoms with van der Waals surface area (Å²) in [6.07, 6.45) is -1.90. The highest BCUT2D eigenvalue weighted by molar-refractivity contribution is 5.84. The van der Waals surface area contributed by atoms with Crippen LogP contribution in [0.5, 0.6) is 0 Å². The molecule has 0 saturated carbocycles. The molecule has 6 nitrogen and oxygen atoms in total. The molecule has 0 radical (unpaired) electrons. The number of aliphatic carboxylic acids is 1. The van der Waals surface area contributed by atoms with Gasteiger partial charge < -0.3 is 19.5 Å². The number of carbonyl (C=O) groups excluding carboxylic acids is 1. The van der Waals surface area contributed by atoms with Crippen molar-refractivity contribution in [1.82, 2.24) is 4.90 Å². The number of hydrogen-bond acceptors (Lipinski definition) is 4. The molecule has 6 heteroatoms. The molecule has 2 aromatic rings. The summed E-state index contributed by atoms with van der Waals surface area (Å²) in [4.78, 5) is 26.0. The molecule has 2 aliphatic rings. The van der Waals surface area contributed by atoms with E-state index in [9.17, 15) is 9.59 Å². The summed E-state index contributed by atoms with van der Waals surface area (Å²) in [5, 5.41) is 9.12. The highest BCUT2D eigenvalue weighted by Crippen LogP contribution is 2.35. The fraction of sp³-hybridized carbons (Fsp3) is 0.333. The molecule has 0 aliphatic carbocycles. The molecule has 2 heterocycles. The average Bonchev–Trinajstić information content (AvgIpc) is 3.04. The molecule has 4 atom stereocenters. The molecule has 1 N–H and O–H groups in total. The van der Waals surface area contributed by atoms with Gasteiger partial charge in [0.2, 0.25) is 0 Å². The van der Waals surface area contributed by atoms with Crippen molar-refractivity contribution >= 4 is 11.9 Å². The van der Waals surface area contributed by atoms with E-state index in [2.05, 4.69) is 0 Å². The van der Waals surface area contributed by atoms with Crippen molar-refractivity contribution in [2.45, 2.75) is 43.9 Å². The van der Waals surface area contributed by atoms with E-state index >= 15 is 0 Å². The number of carboxylic acid groups (broad SMARTS) is 1. The van der Waals surface area contributed by atoms with Gasteiger partial charge in [0.1, 0.15) is 6.10 Å². The Kier molecular flexibility index (Phi) is 4.92. The smallest absolute Gasteiger partial charge is 0.306 e. The Morgan fingerprint density at radius 2 is 1.59 bits per heavy atom. The van der Waals surface area contributed by atoms with Crippen LogP contribution in [0.3, 0.4) is 0 Å². The number of morpholine rings is 1. The fourth-order valence-electron chi connectivity index (χ4n) is 3.74. The molecule has 0 unspecified atom stereocenters. The second-order valence-corrected chi connectivity index (χ2v) is 6.91. The van der Waals surface area contributed by atoms with E-state index in [1.54, 1.807) is 4.90 Å². The van der Waals surface area contributed by atoms with Crippen molar-refractivity contribution in [3.63, 3.8) is 0 Å². The second-order valence-electron chi connectivity index (χ2n) is 6.91. The Morgan fingerprint density at radius 3 is 2.22 bits per heavy atom. The zero-order chi connectivity index (χ0) is 18.8. The Hall–Kier alpha value is -2.70. The molecule has 2 aliphatic heterocycles. The minimum absolute atomic E-state index is 0.209. The molecule has 27 heavy (non-hydrogen) atoms. The average molecular weight is 367 g/mol. The van der Waals surface area contributed by atoms with Crippen molar-refractivity contribution in [2.24, 2.45) is 0 Å². The van der Waals surface area contributed by atoms with Crippen molar-refractivity contribution in [3.05, 3.63) is 71.8 Å². The maximum Gasteiger partial charge on any atom is 0.306 e. The monoisotopic (exact) mass is 367 g/mol. The third-order valence-electron chi connectivity index (χ3n) is 5.03. The van der Waals surface area contributed by atoms with Gasteiger partial charge in [-0.1, -0.05) is 60.7 Å². The van der Waals surface area contributed by atoms with Gasteiger partial charge in [0.15, 0.2) is 12.4 Å². The summed E-state index contributed by atoms with van der Waals surface area (Å²) in [6, 6.07) is 19.3. The quantitative estimate of drug-likeness (QED) is 0.847. The molecule has 0 spiro atoms. The first-order chi connectivity index (χ1) is 13.1. The van der Waals surface area contributed by atoms with Gasteiger partial charge in [-0.05, 0) is 17.5 Å². The minimum atomic E-state index is -1.00. The molecule has 1 amide bonds. The number of rotatable bonds is 6. The van der Waals surface area contributed by atoms with Crippen molar-refractivity contribution in [2.75, 3.05) is 0 Å². The largest absolute Gasteiger partial charge is 0.481 e. The van der Waals surface area contributed by atoms with Gasteiger partial charge in [0.05, 0.1) is 12.5 Å². The van der Waals surface area contributed by atoms with E-state index in [4.69, 9.17) is 14.6 Å². The normalized spacial score (nSPS) is 27.0. The third kappa shape index (κ3) is 3.72. The molecular formula is C21H21NO5. The molecular weight excluding hydrogens is 346 g/mol. The van der Waals surface area contributed by atoms with Crippen LogP contribution < -0.4 is 0 Å². The van der Waals surface area contributed by atoms with Crippen LogP contribution in [-0.2, 0) is 32.0 Å². The Bertz CT molecular complexity index is 810. The lowest BCUT2D eigenvalue weighted by atomic mass is 10.0. The first-order valence-corrected chi connectivity index (χ1v) is 9.03. The lowest BCUT2D eigenvalue weighted by Gasteiger charge is -2.38. The van der Waals surface area contributed by atoms with Crippen LogP contribution in [-0.4, -0.2) is 46.4 Å². The minimum Gasteiger partial charge on any atom is -0.481 e. The Labute approximate surface area is 157 Å². The molecule has 4 rings (SSSR count). The summed E-state index contributed by atoms with van der Waals surface area (Å²) >= 11 is 0. The molecule has 140 valence electrons. The number of carbonyl (C=O) groups is 2. The molecule has 2 fully saturated rings. The Balaban J connectivity index is 1.62. The lowest BCUT2D eigenvalue weighted by Crippen LogP contribution is -2.56. The first kappa shape index (κ1) is 17.7. The fourth-order valence-corrected chi connectivity index (χ4v) is 3.74. The summed E-state index contributed by atoms with van der Waals surface area (Å²) in [5.41, 5.74) is 2.08. The number of hydrogen-bond donors (Lipinski definition) is 1. The highest BCUT2D eigenvalue weighted by Gasteiger charge is 2.53. The van der Waals surface area contributed by atoms with E-state index in [0.29, 0.717) is 13.0 Å². The number of nitrogens with zero attached hydrogens (tertiary/aromatic N) is 1. The van der Waals surface area contributed by atoms with Gasteiger partial charge in [-0.3, -0.25) is 9.59 Å². The van der Waals surface area contributed by atoms with Crippen LogP contribution in [0.1, 0.15) is 17.5 Å². The predicted octanol–water partition coefficient (Wildman–Crippen LogP) is 2.22. The van der Waals surface area contributed by atoms with Gasteiger partial charge in [-0.25, -0.2) is 0 Å². The topological polar surface area (TPSA) is 76.1 Å². The predicted molar refractivity (Wildman–Crippen MR) is 96.7 cm³/mol. The van der Waals surface area contributed by atoms with Gasteiger partial charge in [-0.15, -0.1) is 0 Å². The van der Waals surface area contributed by atoms with Gasteiger partial charge in [0.25, 0.3) is 5.91 Å². The zero-order valence-corrected chi connectivity index (χ0v) is 14.7. The van der Waals surface area contributed by atoms with E-state index in [0.717, 1.165) is 11.1 Å². The summed E-state index contributed by atoms with van der Waals surface area (Å²) in [7, 11) is 0. The SMILES string of the molecule is O=C(O)C[C@@H]1O[C@@H]2O[C@@H]1C(=O)N(Cc1ccccc1)[C@@H]2Cc1ccccc1. The molecule has 2 bridgehead atoms. The second kappa shape index (κ2) is 7.50. The van der Waals surface area contributed by atoms with Crippen molar-refractivity contribution < 1.29 is 24.2 Å². The van der Waals surface area contributed by atoms with Crippen LogP contribution in [0, 0.1) is 0 Å². The summed E-state index contributed by atoms with van der Waals surface area (Å²) in [6.45, 7) is 0.441. The van der Waals surface area contributed by atoms with E-state index in [1.807, 2.05) is 60.7 Å². The van der Waals surface area contributed by atoms with E-state index in [-0.39, 0.29) is 18.4 Å². The standard InChI is InChI=1S/C21H21NO5/c23-18(24)12-17-19-20(25)22(13-15-9-5-2-6-10-15)16(21(26-17)27-19)11-14-7-3-1-4-8-14/h1-10,16-17,19,21H,11-13H2,(H,23,24)/t16-,17+,19+,21-/m1/s1. The van der Waals surface area contributed by atoms with Crippen LogP contribution in [0.25, 0.3) is 0 Å². The van der Waals surface area contributed by atoms with E-state index in [1.165, 1.54) is 0 Å². The third-order valence-corrected chi connectivity index (χ3v) is 5.03. The number of benzene rings is 2. The number of amides is 1. The van der Waals surface area contributed by atoms with E-state index < -0.39 is 24.5 Å². The molecule has 2 aromatic carbocycles. The van der Waals surface area contributed by atoms with Gasteiger partial charge >= 0.3 is 5.97 Å².